The number of carbonyl (C=O) groups excluding carboxylic acids is 4. The van der Waals surface area contributed by atoms with E-state index in [1.807, 2.05) is 56.3 Å². The Kier molecular flexibility index (Phi) is 11.0. The van der Waals surface area contributed by atoms with Crippen molar-refractivity contribution in [1.82, 2.24) is 46.0 Å². The van der Waals surface area contributed by atoms with Gasteiger partial charge in [-0.2, -0.15) is 0 Å². The average molecular weight is 638 g/mol. The Hall–Kier alpha value is -5.46. The van der Waals surface area contributed by atoms with Gasteiger partial charge in [0.05, 0.1) is 24.7 Å². The molecule has 5 rings (SSSR count). The molecule has 47 heavy (non-hydrogen) atoms. The Morgan fingerprint density at radius 2 is 1.77 bits per heavy atom. The number of rotatable bonds is 6. The highest BCUT2D eigenvalue weighted by Crippen LogP contribution is 2.14. The molecule has 2 aromatic carbocycles. The lowest BCUT2D eigenvalue weighted by atomic mass is 10.00. The fourth-order valence-corrected chi connectivity index (χ4v) is 5.47. The first-order valence-electron chi connectivity index (χ1n) is 15.7. The van der Waals surface area contributed by atoms with Crippen LogP contribution in [0.4, 0.5) is 0 Å². The second-order valence-corrected chi connectivity index (χ2v) is 12.0. The molecule has 4 aromatic rings. The monoisotopic (exact) mass is 637 g/mol. The molecule has 4 amide bonds. The maximum Gasteiger partial charge on any atom is 0.254 e. The fraction of sp³-hybridized carbons (Fsp3) is 0.353. The molecule has 244 valence electrons. The normalized spacial score (nSPS) is 18.2. The smallest absolute Gasteiger partial charge is 0.254 e. The number of aromatic nitrogens is 5. The van der Waals surface area contributed by atoms with E-state index in [9.17, 15) is 19.2 Å². The predicted molar refractivity (Wildman–Crippen MR) is 173 cm³/mol. The van der Waals surface area contributed by atoms with Crippen molar-refractivity contribution in [2.75, 3.05) is 19.6 Å². The van der Waals surface area contributed by atoms with Crippen molar-refractivity contribution in [1.29, 1.82) is 0 Å². The van der Waals surface area contributed by atoms with Crippen molar-refractivity contribution in [2.45, 2.75) is 51.7 Å². The lowest BCUT2D eigenvalue weighted by Gasteiger charge is -2.30. The van der Waals surface area contributed by atoms with Crippen molar-refractivity contribution in [3.8, 4) is 0 Å². The molecule has 0 fully saturated rings. The van der Waals surface area contributed by atoms with Gasteiger partial charge in [-0.15, -0.1) is 5.10 Å². The van der Waals surface area contributed by atoms with Gasteiger partial charge in [0.2, 0.25) is 11.8 Å². The van der Waals surface area contributed by atoms with E-state index in [2.05, 4.69) is 36.5 Å². The first-order valence-corrected chi connectivity index (χ1v) is 15.7. The van der Waals surface area contributed by atoms with E-state index in [0.29, 0.717) is 43.5 Å². The summed E-state index contributed by atoms with van der Waals surface area (Å²) >= 11 is 0. The van der Waals surface area contributed by atoms with Crippen LogP contribution >= 0.6 is 0 Å². The average Bonchev–Trinajstić information content (AvgIpc) is 3.58. The molecule has 3 heterocycles. The Bertz CT molecular complexity index is 1660. The van der Waals surface area contributed by atoms with Gasteiger partial charge in [0.25, 0.3) is 11.8 Å². The summed E-state index contributed by atoms with van der Waals surface area (Å²) < 4.78 is 1.57. The molecule has 0 unspecified atom stereocenters. The van der Waals surface area contributed by atoms with Crippen molar-refractivity contribution < 1.29 is 19.2 Å². The van der Waals surface area contributed by atoms with Gasteiger partial charge in [0, 0.05) is 31.0 Å². The van der Waals surface area contributed by atoms with E-state index in [1.165, 1.54) is 17.4 Å². The summed E-state index contributed by atoms with van der Waals surface area (Å²) in [7, 11) is 0. The van der Waals surface area contributed by atoms with Crippen LogP contribution in [0.25, 0.3) is 0 Å². The molecule has 0 saturated carbocycles. The summed E-state index contributed by atoms with van der Waals surface area (Å²) in [6.07, 6.45) is 6.26. The van der Waals surface area contributed by atoms with E-state index in [1.54, 1.807) is 29.1 Å². The van der Waals surface area contributed by atoms with E-state index in [0.717, 1.165) is 16.7 Å². The molecule has 2 atom stereocenters. The highest BCUT2D eigenvalue weighted by molar-refractivity contribution is 5.98. The molecule has 0 saturated heterocycles. The summed E-state index contributed by atoms with van der Waals surface area (Å²) in [6.45, 7) is 4.39. The minimum Gasteiger partial charge on any atom is -0.355 e. The lowest BCUT2D eigenvalue weighted by Crippen LogP contribution is -2.55. The zero-order valence-corrected chi connectivity index (χ0v) is 26.5. The van der Waals surface area contributed by atoms with Crippen LogP contribution in [-0.2, 0) is 29.0 Å². The molecule has 13 heteroatoms. The van der Waals surface area contributed by atoms with Crippen molar-refractivity contribution >= 4 is 23.6 Å². The third-order valence-electron chi connectivity index (χ3n) is 7.93. The van der Waals surface area contributed by atoms with Crippen LogP contribution in [-0.4, -0.2) is 85.4 Å². The van der Waals surface area contributed by atoms with Crippen molar-refractivity contribution in [3.05, 3.63) is 107 Å². The van der Waals surface area contributed by atoms with Crippen LogP contribution in [0, 0.1) is 5.92 Å². The molecule has 2 aromatic heterocycles. The molecular formula is C34H39N9O4. The van der Waals surface area contributed by atoms with Gasteiger partial charge in [0.15, 0.2) is 0 Å². The molecule has 0 radical (unpaired) electrons. The molecule has 13 nitrogen and oxygen atoms in total. The number of fused-ring (bicyclic) bond motifs is 2. The van der Waals surface area contributed by atoms with Gasteiger partial charge < -0.3 is 20.9 Å². The number of nitrogens with one attached hydrogen (secondary N) is 3. The minimum absolute atomic E-state index is 0.0583. The van der Waals surface area contributed by atoms with Crippen LogP contribution < -0.4 is 16.0 Å². The van der Waals surface area contributed by atoms with Crippen molar-refractivity contribution in [3.63, 3.8) is 0 Å². The second kappa shape index (κ2) is 15.7. The first kappa shape index (κ1) is 32.9. The number of tetrazole rings is 1. The van der Waals surface area contributed by atoms with Gasteiger partial charge in [-0.25, -0.2) is 4.68 Å². The molecule has 3 N–H and O–H groups in total. The number of benzene rings is 2. The van der Waals surface area contributed by atoms with Gasteiger partial charge in [-0.3, -0.25) is 24.2 Å². The first-order chi connectivity index (χ1) is 22.7. The van der Waals surface area contributed by atoms with E-state index in [-0.39, 0.29) is 36.7 Å². The molecule has 1 aliphatic rings. The largest absolute Gasteiger partial charge is 0.355 e. The van der Waals surface area contributed by atoms with Gasteiger partial charge in [0.1, 0.15) is 12.4 Å². The lowest BCUT2D eigenvalue weighted by molar-refractivity contribution is -0.124. The third-order valence-corrected chi connectivity index (χ3v) is 7.93. The Balaban J connectivity index is 1.44. The number of pyridine rings is 1. The third kappa shape index (κ3) is 9.28. The molecule has 1 aliphatic heterocycles. The number of carbonyl (C=O) groups is 4. The quantitative estimate of drug-likeness (QED) is 0.288. The van der Waals surface area contributed by atoms with Gasteiger partial charge in [-0.1, -0.05) is 56.3 Å². The zero-order chi connectivity index (χ0) is 33.2. The predicted octanol–water partition coefficient (Wildman–Crippen LogP) is 1.80. The highest BCUT2D eigenvalue weighted by atomic mass is 16.2. The maximum absolute atomic E-state index is 14.0. The number of aryl methyl sites for hydroxylation is 1. The minimum atomic E-state index is -0.847. The molecule has 2 bridgehead atoms. The van der Waals surface area contributed by atoms with Crippen LogP contribution in [0.2, 0.25) is 0 Å². The van der Waals surface area contributed by atoms with Crippen LogP contribution in [0.15, 0.2) is 79.4 Å². The van der Waals surface area contributed by atoms with Crippen LogP contribution in [0.3, 0.4) is 0 Å². The Morgan fingerprint density at radius 1 is 0.979 bits per heavy atom. The summed E-state index contributed by atoms with van der Waals surface area (Å²) in [5.41, 5.74) is 3.43. The summed E-state index contributed by atoms with van der Waals surface area (Å²) in [5, 5.41) is 20.1. The number of nitrogens with zero attached hydrogens (tertiary/aromatic N) is 6. The highest BCUT2D eigenvalue weighted by Gasteiger charge is 2.29. The van der Waals surface area contributed by atoms with E-state index >= 15 is 0 Å². The number of amides is 4. The second-order valence-electron chi connectivity index (χ2n) is 12.0. The van der Waals surface area contributed by atoms with E-state index in [4.69, 9.17) is 0 Å². The van der Waals surface area contributed by atoms with Gasteiger partial charge >= 0.3 is 0 Å². The topological polar surface area (TPSA) is 164 Å². The Morgan fingerprint density at radius 3 is 2.49 bits per heavy atom. The molecule has 0 aliphatic carbocycles. The van der Waals surface area contributed by atoms with Crippen LogP contribution in [0.1, 0.15) is 57.7 Å². The SMILES string of the molecule is CC(C)[C@H]1NC(=O)c2cncc(c2)CCCNC(=O)CN(C(=O)c2ccc(Cn3cnnn3)cc2)C[C@@H](Cc2ccccc2)NC1=O. The van der Waals surface area contributed by atoms with Gasteiger partial charge in [-0.05, 0) is 70.5 Å². The maximum atomic E-state index is 14.0. The summed E-state index contributed by atoms with van der Waals surface area (Å²) in [4.78, 5) is 60.0. The Labute approximate surface area is 273 Å². The standard InChI is InChI=1S/C34H39N9O4/c1-23(2)31-33(46)38-29(16-24-7-4-3-5-8-24)20-42(34(47)27-12-10-25(11-13-27)19-43-22-37-40-41-43)21-30(44)36-14-6-9-26-15-28(18-35-17-26)32(45)39-31/h3-5,7-8,10-13,15,17-18,22-23,29,31H,6,9,14,16,19-21H2,1-2H3,(H,36,44)(H,38,46)(H,39,45)/t29-,31-/m1/s1. The molecule has 0 spiro atoms. The summed E-state index contributed by atoms with van der Waals surface area (Å²) in [5.74, 6) is -1.68. The summed E-state index contributed by atoms with van der Waals surface area (Å²) in [6, 6.07) is 17.0. The number of hydrogen-bond donors (Lipinski definition) is 3. The van der Waals surface area contributed by atoms with E-state index < -0.39 is 18.0 Å². The van der Waals surface area contributed by atoms with Crippen molar-refractivity contribution in [2.24, 2.45) is 5.92 Å². The fourth-order valence-electron chi connectivity index (χ4n) is 5.47. The zero-order valence-electron chi connectivity index (χ0n) is 26.5. The van der Waals surface area contributed by atoms with Crippen LogP contribution in [0.5, 0.6) is 0 Å². The molecular weight excluding hydrogens is 598 g/mol. The number of hydrogen-bond acceptors (Lipinski definition) is 8.